The van der Waals surface area contributed by atoms with Gasteiger partial charge in [0.1, 0.15) is 15.4 Å². The van der Waals surface area contributed by atoms with Crippen LogP contribution in [0.1, 0.15) is 17.3 Å². The van der Waals surface area contributed by atoms with Crippen molar-refractivity contribution < 1.29 is 23.2 Å². The highest BCUT2D eigenvalue weighted by Crippen LogP contribution is 2.23. The summed E-state index contributed by atoms with van der Waals surface area (Å²) in [6.07, 6.45) is 1.09. The summed E-state index contributed by atoms with van der Waals surface area (Å²) in [4.78, 5) is 20.9. The standard InChI is InChI=1S/C11H14N2O6S/c1-7(6-20(2,18)19)12-8-3-4-10(13(16)17)9(5-8)11(14)15/h3-5,7,12H,6H2,1-2H3,(H,14,15). The van der Waals surface area contributed by atoms with E-state index in [9.17, 15) is 23.3 Å². The number of nitrogens with zero attached hydrogens (tertiary/aromatic N) is 1. The predicted octanol–water partition coefficient (Wildman–Crippen LogP) is 1.14. The molecule has 0 radical (unpaired) electrons. The Kier molecular flexibility index (Phi) is 4.66. The molecule has 1 atom stereocenters. The van der Waals surface area contributed by atoms with Gasteiger partial charge in [-0.2, -0.15) is 0 Å². The van der Waals surface area contributed by atoms with Gasteiger partial charge in [-0.1, -0.05) is 0 Å². The van der Waals surface area contributed by atoms with Crippen LogP contribution >= 0.6 is 0 Å². The number of hydrogen-bond acceptors (Lipinski definition) is 6. The van der Waals surface area contributed by atoms with Crippen LogP contribution in [0.4, 0.5) is 11.4 Å². The fourth-order valence-electron chi connectivity index (χ4n) is 1.74. The molecule has 1 aromatic rings. The molecular weight excluding hydrogens is 288 g/mol. The molecule has 20 heavy (non-hydrogen) atoms. The third-order valence-corrected chi connectivity index (χ3v) is 3.49. The molecule has 9 heteroatoms. The Morgan fingerprint density at radius 2 is 2.10 bits per heavy atom. The van der Waals surface area contributed by atoms with Crippen LogP contribution in [-0.2, 0) is 9.84 Å². The number of carbonyl (C=O) groups is 1. The lowest BCUT2D eigenvalue weighted by Gasteiger charge is -2.14. The van der Waals surface area contributed by atoms with Crippen LogP contribution in [0.5, 0.6) is 0 Å². The second kappa shape index (κ2) is 5.87. The van der Waals surface area contributed by atoms with Gasteiger partial charge in [0.15, 0.2) is 0 Å². The van der Waals surface area contributed by atoms with E-state index in [1.54, 1.807) is 6.92 Å². The highest BCUT2D eigenvalue weighted by Gasteiger charge is 2.20. The van der Waals surface area contributed by atoms with Crippen LogP contribution < -0.4 is 5.32 Å². The first-order chi connectivity index (χ1) is 9.10. The maximum atomic E-state index is 11.1. The first kappa shape index (κ1) is 15.9. The van der Waals surface area contributed by atoms with Crippen molar-refractivity contribution in [3.63, 3.8) is 0 Å². The Hall–Kier alpha value is -2.16. The van der Waals surface area contributed by atoms with Gasteiger partial charge in [-0.05, 0) is 19.1 Å². The third-order valence-electron chi connectivity index (χ3n) is 2.39. The Morgan fingerprint density at radius 3 is 2.55 bits per heavy atom. The van der Waals surface area contributed by atoms with Crippen LogP contribution in [0, 0.1) is 10.1 Å². The van der Waals surface area contributed by atoms with Crippen LogP contribution in [0.25, 0.3) is 0 Å². The highest BCUT2D eigenvalue weighted by molar-refractivity contribution is 7.90. The molecule has 1 aromatic carbocycles. The lowest BCUT2D eigenvalue weighted by atomic mass is 10.1. The zero-order chi connectivity index (χ0) is 15.5. The zero-order valence-corrected chi connectivity index (χ0v) is 11.7. The number of nitrogens with one attached hydrogen (secondary N) is 1. The van der Waals surface area contributed by atoms with Crippen molar-refractivity contribution >= 4 is 27.2 Å². The van der Waals surface area contributed by atoms with Crippen molar-refractivity contribution in [3.8, 4) is 0 Å². The lowest BCUT2D eigenvalue weighted by molar-refractivity contribution is -0.385. The maximum absolute atomic E-state index is 11.1. The molecule has 0 spiro atoms. The second-order valence-corrected chi connectivity index (χ2v) is 6.62. The summed E-state index contributed by atoms with van der Waals surface area (Å²) in [5.74, 6) is -1.55. The number of hydrogen-bond donors (Lipinski definition) is 2. The zero-order valence-electron chi connectivity index (χ0n) is 10.9. The SMILES string of the molecule is CC(CS(C)(=O)=O)Nc1ccc([N+](=O)[O-])c(C(=O)O)c1. The Balaban J connectivity index is 3.01. The second-order valence-electron chi connectivity index (χ2n) is 4.43. The smallest absolute Gasteiger partial charge is 0.342 e. The van der Waals surface area contributed by atoms with Gasteiger partial charge in [-0.15, -0.1) is 0 Å². The van der Waals surface area contributed by atoms with Gasteiger partial charge in [0.05, 0.1) is 10.7 Å². The Labute approximate surface area is 115 Å². The molecule has 8 nitrogen and oxygen atoms in total. The molecule has 0 aliphatic heterocycles. The normalized spacial score (nSPS) is 12.7. The number of anilines is 1. The van der Waals surface area contributed by atoms with Crippen LogP contribution in [0.15, 0.2) is 18.2 Å². The molecule has 0 heterocycles. The molecule has 0 amide bonds. The van der Waals surface area contributed by atoms with E-state index < -0.39 is 38.0 Å². The van der Waals surface area contributed by atoms with Crippen molar-refractivity contribution in [2.45, 2.75) is 13.0 Å². The van der Waals surface area contributed by atoms with E-state index in [0.29, 0.717) is 5.69 Å². The van der Waals surface area contributed by atoms with Crippen molar-refractivity contribution in [1.29, 1.82) is 0 Å². The van der Waals surface area contributed by atoms with Gasteiger partial charge in [0, 0.05) is 24.1 Å². The summed E-state index contributed by atoms with van der Waals surface area (Å²) < 4.78 is 22.3. The summed E-state index contributed by atoms with van der Waals surface area (Å²) in [7, 11) is -3.18. The van der Waals surface area contributed by atoms with E-state index in [2.05, 4.69) is 5.32 Å². The van der Waals surface area contributed by atoms with Gasteiger partial charge in [0.2, 0.25) is 0 Å². The molecule has 2 N–H and O–H groups in total. The molecular formula is C11H14N2O6S. The third kappa shape index (κ3) is 4.50. The van der Waals surface area contributed by atoms with Gasteiger partial charge in [-0.25, -0.2) is 13.2 Å². The quantitative estimate of drug-likeness (QED) is 0.595. The van der Waals surface area contributed by atoms with Gasteiger partial charge in [-0.3, -0.25) is 10.1 Å². The lowest BCUT2D eigenvalue weighted by Crippen LogP contribution is -2.25. The van der Waals surface area contributed by atoms with Crippen molar-refractivity contribution in [2.24, 2.45) is 0 Å². The first-order valence-corrected chi connectivity index (χ1v) is 7.62. The number of rotatable bonds is 6. The average Bonchev–Trinajstić information content (AvgIpc) is 2.25. The topological polar surface area (TPSA) is 127 Å². The summed E-state index contributed by atoms with van der Waals surface area (Å²) in [6, 6.07) is 3.06. The Morgan fingerprint density at radius 1 is 1.50 bits per heavy atom. The number of nitro groups is 1. The molecule has 1 unspecified atom stereocenters. The van der Waals surface area contributed by atoms with E-state index in [1.165, 1.54) is 6.07 Å². The van der Waals surface area contributed by atoms with E-state index in [0.717, 1.165) is 18.4 Å². The molecule has 0 bridgehead atoms. The number of carboxylic acid groups (broad SMARTS) is 1. The van der Waals surface area contributed by atoms with Gasteiger partial charge in [0.25, 0.3) is 5.69 Å². The van der Waals surface area contributed by atoms with Crippen molar-refractivity contribution in [2.75, 3.05) is 17.3 Å². The van der Waals surface area contributed by atoms with Crippen LogP contribution in [-0.4, -0.2) is 42.5 Å². The van der Waals surface area contributed by atoms with E-state index in [4.69, 9.17) is 5.11 Å². The van der Waals surface area contributed by atoms with Crippen LogP contribution in [0.2, 0.25) is 0 Å². The van der Waals surface area contributed by atoms with E-state index in [-0.39, 0.29) is 5.75 Å². The van der Waals surface area contributed by atoms with E-state index in [1.807, 2.05) is 0 Å². The number of benzene rings is 1. The van der Waals surface area contributed by atoms with Crippen molar-refractivity contribution in [1.82, 2.24) is 0 Å². The largest absolute Gasteiger partial charge is 0.477 e. The minimum Gasteiger partial charge on any atom is -0.477 e. The molecule has 110 valence electrons. The monoisotopic (exact) mass is 302 g/mol. The summed E-state index contributed by atoms with van der Waals surface area (Å²) >= 11 is 0. The molecule has 0 aliphatic rings. The molecule has 0 saturated heterocycles. The molecule has 0 saturated carbocycles. The highest BCUT2D eigenvalue weighted by atomic mass is 32.2. The average molecular weight is 302 g/mol. The minimum absolute atomic E-state index is 0.133. The van der Waals surface area contributed by atoms with Gasteiger partial charge >= 0.3 is 5.97 Å². The number of carboxylic acids is 1. The predicted molar refractivity (Wildman–Crippen MR) is 72.9 cm³/mol. The van der Waals surface area contributed by atoms with E-state index >= 15 is 0 Å². The minimum atomic E-state index is -3.18. The molecule has 0 aliphatic carbocycles. The Bertz CT molecular complexity index is 640. The summed E-state index contributed by atoms with van der Waals surface area (Å²) in [5.41, 5.74) is -0.658. The van der Waals surface area contributed by atoms with Crippen molar-refractivity contribution in [3.05, 3.63) is 33.9 Å². The number of sulfone groups is 1. The molecule has 0 fully saturated rings. The van der Waals surface area contributed by atoms with Gasteiger partial charge < -0.3 is 10.4 Å². The molecule has 0 aromatic heterocycles. The number of aromatic carboxylic acids is 1. The fourth-order valence-corrected chi connectivity index (χ4v) is 2.73. The fraction of sp³-hybridized carbons (Fsp3) is 0.364. The maximum Gasteiger partial charge on any atom is 0.342 e. The van der Waals surface area contributed by atoms with Crippen LogP contribution in [0.3, 0.4) is 0 Å². The first-order valence-electron chi connectivity index (χ1n) is 5.56. The number of nitro benzene ring substituents is 1. The molecule has 1 rings (SSSR count). The summed E-state index contributed by atoms with van der Waals surface area (Å²) in [6.45, 7) is 1.61. The summed E-state index contributed by atoms with van der Waals surface area (Å²) in [5, 5.41) is 22.4.